The zero-order valence-corrected chi connectivity index (χ0v) is 17.5. The van der Waals surface area contributed by atoms with Crippen molar-refractivity contribution in [3.05, 3.63) is 87.0 Å². The third kappa shape index (κ3) is 3.55. The lowest BCUT2D eigenvalue weighted by atomic mass is 10.1. The van der Waals surface area contributed by atoms with Crippen molar-refractivity contribution >= 4 is 17.2 Å². The van der Waals surface area contributed by atoms with Crippen molar-refractivity contribution < 1.29 is 18.0 Å². The number of aromatic amines is 1. The molecule has 0 saturated heterocycles. The van der Waals surface area contributed by atoms with Crippen molar-refractivity contribution in [3.8, 4) is 11.1 Å². The minimum absolute atomic E-state index is 0.0303. The number of H-pyrrole nitrogens is 1. The molecule has 32 heavy (non-hydrogen) atoms. The molecule has 4 aromatic rings. The Balaban J connectivity index is 1.92. The van der Waals surface area contributed by atoms with E-state index in [4.69, 9.17) is 0 Å². The van der Waals surface area contributed by atoms with E-state index in [1.165, 1.54) is 19.1 Å². The minimum atomic E-state index is -4.76. The molecule has 0 aliphatic carbocycles. The lowest BCUT2D eigenvalue weighted by molar-refractivity contribution is -0.140. The summed E-state index contributed by atoms with van der Waals surface area (Å²) in [7, 11) is 0. The molecule has 0 spiro atoms. The summed E-state index contributed by atoms with van der Waals surface area (Å²) in [6, 6.07) is 13.2. The van der Waals surface area contributed by atoms with Crippen molar-refractivity contribution in [3.63, 3.8) is 0 Å². The van der Waals surface area contributed by atoms with E-state index >= 15 is 0 Å². The Morgan fingerprint density at radius 1 is 1.03 bits per heavy atom. The van der Waals surface area contributed by atoms with Gasteiger partial charge in [-0.25, -0.2) is 4.98 Å². The Kier molecular flexibility index (Phi) is 5.12. The zero-order valence-electron chi connectivity index (χ0n) is 17.5. The van der Waals surface area contributed by atoms with Gasteiger partial charge < -0.3 is 5.32 Å². The largest absolute Gasteiger partial charge is 0.433 e. The second-order valence-electron chi connectivity index (χ2n) is 7.46. The van der Waals surface area contributed by atoms with Crippen LogP contribution in [0.25, 0.3) is 16.8 Å². The van der Waals surface area contributed by atoms with Gasteiger partial charge in [-0.1, -0.05) is 42.5 Å². The molecule has 0 fully saturated rings. The van der Waals surface area contributed by atoms with Gasteiger partial charge >= 0.3 is 6.18 Å². The van der Waals surface area contributed by atoms with Gasteiger partial charge in [0.25, 0.3) is 11.5 Å². The molecule has 0 atom stereocenters. The van der Waals surface area contributed by atoms with Crippen molar-refractivity contribution in [2.45, 2.75) is 26.9 Å². The SMILES string of the molecule is Cc1cccc(NC(=O)c2c(C)nc3c(-c4ccccc4)c(C(F)(F)F)[nH]n3c2=O)c1C. The van der Waals surface area contributed by atoms with Crippen molar-refractivity contribution in [2.75, 3.05) is 5.32 Å². The van der Waals surface area contributed by atoms with Gasteiger partial charge in [-0.2, -0.15) is 17.7 Å². The number of carbonyl (C=O) groups excluding carboxylic acids is 1. The first-order chi connectivity index (χ1) is 15.1. The van der Waals surface area contributed by atoms with Crippen LogP contribution < -0.4 is 10.9 Å². The average molecular weight is 440 g/mol. The van der Waals surface area contributed by atoms with Gasteiger partial charge in [0.05, 0.1) is 11.3 Å². The fourth-order valence-electron chi connectivity index (χ4n) is 3.59. The van der Waals surface area contributed by atoms with Crippen LogP contribution in [0.5, 0.6) is 0 Å². The zero-order chi connectivity index (χ0) is 23.2. The lowest BCUT2D eigenvalue weighted by Gasteiger charge is -2.11. The van der Waals surface area contributed by atoms with Crippen LogP contribution in [0.2, 0.25) is 0 Å². The van der Waals surface area contributed by atoms with E-state index in [0.29, 0.717) is 10.2 Å². The standard InChI is InChI=1S/C23H19F3N4O2/c1-12-8-7-11-16(13(12)2)28-21(31)17-14(3)27-20-18(15-9-5-4-6-10-15)19(23(24,25)26)29-30(20)22(17)32/h4-11,29H,1-3H3,(H,28,31). The number of carbonyl (C=O) groups is 1. The number of rotatable bonds is 3. The molecule has 1 amide bonds. The van der Waals surface area contributed by atoms with Gasteiger partial charge in [0, 0.05) is 5.69 Å². The second-order valence-corrected chi connectivity index (χ2v) is 7.46. The fraction of sp³-hybridized carbons (Fsp3) is 0.174. The molecule has 0 aliphatic heterocycles. The van der Waals surface area contributed by atoms with Gasteiger partial charge in [-0.3, -0.25) is 14.7 Å². The fourth-order valence-corrected chi connectivity index (χ4v) is 3.59. The molecule has 4 rings (SSSR count). The van der Waals surface area contributed by atoms with Crippen LogP contribution in [0.15, 0.2) is 53.3 Å². The maximum Gasteiger partial charge on any atom is 0.433 e. The number of hydrogen-bond acceptors (Lipinski definition) is 3. The number of alkyl halides is 3. The van der Waals surface area contributed by atoms with Gasteiger partial charge in [-0.05, 0) is 43.5 Å². The van der Waals surface area contributed by atoms with E-state index in [2.05, 4.69) is 15.4 Å². The number of fused-ring (bicyclic) bond motifs is 1. The molecule has 0 aliphatic rings. The molecule has 164 valence electrons. The number of nitrogens with zero attached hydrogens (tertiary/aromatic N) is 2. The van der Waals surface area contributed by atoms with Crippen LogP contribution >= 0.6 is 0 Å². The number of halogens is 3. The second kappa shape index (κ2) is 7.67. The Bertz CT molecular complexity index is 1400. The van der Waals surface area contributed by atoms with Crippen LogP contribution in [0.1, 0.15) is 32.9 Å². The van der Waals surface area contributed by atoms with Crippen LogP contribution in [0, 0.1) is 20.8 Å². The Morgan fingerprint density at radius 2 is 1.72 bits per heavy atom. The molecular formula is C23H19F3N4O2. The summed E-state index contributed by atoms with van der Waals surface area (Å²) in [6.45, 7) is 5.12. The van der Waals surface area contributed by atoms with Gasteiger partial charge in [-0.15, -0.1) is 0 Å². The number of hydrogen-bond donors (Lipinski definition) is 2. The maximum absolute atomic E-state index is 13.8. The molecule has 0 radical (unpaired) electrons. The van der Waals surface area contributed by atoms with E-state index in [1.54, 1.807) is 30.3 Å². The van der Waals surface area contributed by atoms with Gasteiger partial charge in [0.1, 0.15) is 11.3 Å². The summed E-state index contributed by atoms with van der Waals surface area (Å²) in [5, 5.41) is 4.78. The van der Waals surface area contributed by atoms with Crippen molar-refractivity contribution in [2.24, 2.45) is 0 Å². The molecule has 2 heterocycles. The lowest BCUT2D eigenvalue weighted by Crippen LogP contribution is -2.29. The number of aromatic nitrogens is 3. The van der Waals surface area contributed by atoms with Crippen molar-refractivity contribution in [1.29, 1.82) is 0 Å². The van der Waals surface area contributed by atoms with Gasteiger partial charge in [0.15, 0.2) is 5.65 Å². The third-order valence-corrected chi connectivity index (χ3v) is 5.39. The highest BCUT2D eigenvalue weighted by Crippen LogP contribution is 2.38. The molecule has 2 N–H and O–H groups in total. The first-order valence-corrected chi connectivity index (χ1v) is 9.75. The van der Waals surface area contributed by atoms with E-state index in [1.807, 2.05) is 19.9 Å². The minimum Gasteiger partial charge on any atom is -0.322 e. The summed E-state index contributed by atoms with van der Waals surface area (Å²) in [4.78, 5) is 30.3. The Hall–Kier alpha value is -3.88. The van der Waals surface area contributed by atoms with E-state index in [-0.39, 0.29) is 28.0 Å². The summed E-state index contributed by atoms with van der Waals surface area (Å²) < 4.78 is 42.0. The predicted molar refractivity (Wildman–Crippen MR) is 115 cm³/mol. The number of nitrogens with one attached hydrogen (secondary N) is 2. The summed E-state index contributed by atoms with van der Waals surface area (Å²) in [6.07, 6.45) is -4.76. The summed E-state index contributed by atoms with van der Waals surface area (Å²) >= 11 is 0. The van der Waals surface area contributed by atoms with Crippen LogP contribution in [-0.2, 0) is 6.18 Å². The molecule has 0 bridgehead atoms. The topological polar surface area (TPSA) is 79.3 Å². The van der Waals surface area contributed by atoms with Gasteiger partial charge in [0.2, 0.25) is 0 Å². The van der Waals surface area contributed by atoms with E-state index < -0.39 is 23.3 Å². The highest BCUT2D eigenvalue weighted by atomic mass is 19.4. The monoisotopic (exact) mass is 440 g/mol. The van der Waals surface area contributed by atoms with Crippen LogP contribution in [-0.4, -0.2) is 20.5 Å². The quantitative estimate of drug-likeness (QED) is 0.476. The normalized spacial score (nSPS) is 11.7. The average Bonchev–Trinajstić information content (AvgIpc) is 3.12. The third-order valence-electron chi connectivity index (χ3n) is 5.39. The number of amides is 1. The maximum atomic E-state index is 13.8. The van der Waals surface area contributed by atoms with Crippen LogP contribution in [0.3, 0.4) is 0 Å². The number of benzene rings is 2. The number of aryl methyl sites for hydroxylation is 2. The molecule has 0 unspecified atom stereocenters. The van der Waals surface area contributed by atoms with Crippen LogP contribution in [0.4, 0.5) is 18.9 Å². The summed E-state index contributed by atoms with van der Waals surface area (Å²) in [5.41, 5.74) is -0.267. The highest BCUT2D eigenvalue weighted by molar-refractivity contribution is 6.05. The smallest absolute Gasteiger partial charge is 0.322 e. The predicted octanol–water partition coefficient (Wildman–Crippen LogP) is 4.89. The molecule has 2 aromatic carbocycles. The van der Waals surface area contributed by atoms with Crippen molar-refractivity contribution in [1.82, 2.24) is 14.6 Å². The first-order valence-electron chi connectivity index (χ1n) is 9.75. The summed E-state index contributed by atoms with van der Waals surface area (Å²) in [5.74, 6) is -0.743. The molecule has 9 heteroatoms. The molecule has 2 aromatic heterocycles. The number of anilines is 1. The van der Waals surface area contributed by atoms with E-state index in [9.17, 15) is 22.8 Å². The molecule has 0 saturated carbocycles. The molecule has 6 nitrogen and oxygen atoms in total. The highest BCUT2D eigenvalue weighted by Gasteiger charge is 2.38. The molecular weight excluding hydrogens is 421 g/mol. The Morgan fingerprint density at radius 3 is 2.38 bits per heavy atom. The van der Waals surface area contributed by atoms with E-state index in [0.717, 1.165) is 11.1 Å². The first kappa shape index (κ1) is 21.4. The Labute approximate surface area is 180 Å².